The molecule has 1 fully saturated rings. The summed E-state index contributed by atoms with van der Waals surface area (Å²) in [6.45, 7) is 3.82. The van der Waals surface area contributed by atoms with Crippen LogP contribution in [-0.4, -0.2) is 31.1 Å². The summed E-state index contributed by atoms with van der Waals surface area (Å²) in [5, 5.41) is 6.51. The van der Waals surface area contributed by atoms with E-state index < -0.39 is 5.82 Å². The molecule has 2 N–H and O–H groups in total. The van der Waals surface area contributed by atoms with Gasteiger partial charge in [0.25, 0.3) is 5.91 Å². The zero-order valence-corrected chi connectivity index (χ0v) is 18.5. The number of benzene rings is 2. The fourth-order valence-corrected chi connectivity index (χ4v) is 4.20. The van der Waals surface area contributed by atoms with E-state index >= 15 is 0 Å². The third-order valence-electron chi connectivity index (χ3n) is 5.98. The third kappa shape index (κ3) is 4.81. The maximum absolute atomic E-state index is 14.2. The predicted molar refractivity (Wildman–Crippen MR) is 125 cm³/mol. The minimum atomic E-state index is -0.434. The van der Waals surface area contributed by atoms with Crippen LogP contribution in [0.15, 0.2) is 54.7 Å². The average Bonchev–Trinajstić information content (AvgIpc) is 3.09. The number of aryl methyl sites for hydroxylation is 1. The number of halogens is 1. The monoisotopic (exact) mass is 433 g/mol. The number of carbonyl (C=O) groups is 1. The first-order chi connectivity index (χ1) is 15.6. The van der Waals surface area contributed by atoms with Crippen molar-refractivity contribution in [3.05, 3.63) is 77.4 Å². The van der Waals surface area contributed by atoms with Crippen molar-refractivity contribution in [2.75, 3.05) is 25.5 Å². The maximum atomic E-state index is 14.2. The summed E-state index contributed by atoms with van der Waals surface area (Å²) >= 11 is 0. The second kappa shape index (κ2) is 9.92. The molecule has 0 spiro atoms. The van der Waals surface area contributed by atoms with E-state index in [1.807, 2.05) is 25.1 Å². The number of ether oxygens (including phenoxy) is 1. The molecule has 1 aromatic heterocycles. The standard InChI is InChI=1S/C26H28FN3O2/c1-17-8-9-19(14-21(17)18-10-11-24(32-2)22(27)15-18)26(31)30-23-7-5-13-29-25(23)20-6-3-4-12-28-16-20/h5,7-11,13-15,20,28H,3-4,6,12,16H2,1-2H3,(H,30,31). The largest absolute Gasteiger partial charge is 0.494 e. The van der Waals surface area contributed by atoms with Gasteiger partial charge in [-0.05, 0) is 79.4 Å². The molecule has 6 heteroatoms. The van der Waals surface area contributed by atoms with Crippen molar-refractivity contribution in [1.82, 2.24) is 10.3 Å². The molecule has 0 saturated carbocycles. The van der Waals surface area contributed by atoms with Gasteiger partial charge >= 0.3 is 0 Å². The zero-order chi connectivity index (χ0) is 22.5. The molecular formula is C26H28FN3O2. The average molecular weight is 434 g/mol. The molecule has 1 unspecified atom stereocenters. The van der Waals surface area contributed by atoms with E-state index in [0.29, 0.717) is 11.1 Å². The first-order valence-electron chi connectivity index (χ1n) is 11.0. The first-order valence-corrected chi connectivity index (χ1v) is 11.0. The Labute approximate surface area is 188 Å². The number of methoxy groups -OCH3 is 1. The van der Waals surface area contributed by atoms with Crippen LogP contribution in [0, 0.1) is 12.7 Å². The van der Waals surface area contributed by atoms with Gasteiger partial charge in [-0.25, -0.2) is 4.39 Å². The van der Waals surface area contributed by atoms with Gasteiger partial charge in [-0.3, -0.25) is 9.78 Å². The Balaban J connectivity index is 1.60. The van der Waals surface area contributed by atoms with Crippen molar-refractivity contribution in [2.45, 2.75) is 32.1 Å². The summed E-state index contributed by atoms with van der Waals surface area (Å²) in [6.07, 6.45) is 5.12. The van der Waals surface area contributed by atoms with Crippen LogP contribution in [0.2, 0.25) is 0 Å². The molecule has 1 aliphatic heterocycles. The second-order valence-electron chi connectivity index (χ2n) is 8.17. The molecule has 0 aliphatic carbocycles. The van der Waals surface area contributed by atoms with E-state index in [0.717, 1.165) is 54.9 Å². The van der Waals surface area contributed by atoms with Gasteiger partial charge in [-0.1, -0.05) is 18.6 Å². The zero-order valence-electron chi connectivity index (χ0n) is 18.5. The van der Waals surface area contributed by atoms with Crippen LogP contribution in [-0.2, 0) is 0 Å². The lowest BCUT2D eigenvalue weighted by molar-refractivity contribution is 0.102. The highest BCUT2D eigenvalue weighted by Gasteiger charge is 2.20. The maximum Gasteiger partial charge on any atom is 0.255 e. The van der Waals surface area contributed by atoms with Crippen molar-refractivity contribution >= 4 is 11.6 Å². The molecule has 1 atom stereocenters. The lowest BCUT2D eigenvalue weighted by Gasteiger charge is -2.18. The Hall–Kier alpha value is -3.25. The van der Waals surface area contributed by atoms with Crippen LogP contribution >= 0.6 is 0 Å². The molecular weight excluding hydrogens is 405 g/mol. The van der Waals surface area contributed by atoms with Crippen LogP contribution in [0.1, 0.15) is 46.8 Å². The number of aromatic nitrogens is 1. The normalized spacial score (nSPS) is 16.3. The summed E-state index contributed by atoms with van der Waals surface area (Å²) in [4.78, 5) is 17.7. The van der Waals surface area contributed by atoms with Crippen LogP contribution in [0.5, 0.6) is 5.75 Å². The molecule has 1 saturated heterocycles. The van der Waals surface area contributed by atoms with Crippen LogP contribution in [0.3, 0.4) is 0 Å². The fraction of sp³-hybridized carbons (Fsp3) is 0.308. The number of amides is 1. The molecule has 5 nitrogen and oxygen atoms in total. The number of anilines is 1. The minimum Gasteiger partial charge on any atom is -0.494 e. The van der Waals surface area contributed by atoms with Crippen molar-refractivity contribution in [1.29, 1.82) is 0 Å². The fourth-order valence-electron chi connectivity index (χ4n) is 4.20. The van der Waals surface area contributed by atoms with Crippen LogP contribution in [0.4, 0.5) is 10.1 Å². The van der Waals surface area contributed by atoms with Crippen LogP contribution in [0.25, 0.3) is 11.1 Å². The van der Waals surface area contributed by atoms with Gasteiger partial charge in [0.15, 0.2) is 11.6 Å². The molecule has 32 heavy (non-hydrogen) atoms. The number of nitrogens with zero attached hydrogens (tertiary/aromatic N) is 1. The summed E-state index contributed by atoms with van der Waals surface area (Å²) in [6, 6.07) is 14.0. The van der Waals surface area contributed by atoms with Crippen molar-refractivity contribution in [3.8, 4) is 16.9 Å². The van der Waals surface area contributed by atoms with E-state index in [4.69, 9.17) is 4.74 Å². The Kier molecular flexibility index (Phi) is 6.81. The van der Waals surface area contributed by atoms with E-state index in [-0.39, 0.29) is 17.6 Å². The summed E-state index contributed by atoms with van der Waals surface area (Å²) in [5.41, 5.74) is 4.62. The molecule has 4 rings (SSSR count). The van der Waals surface area contributed by atoms with Gasteiger partial charge in [-0.15, -0.1) is 0 Å². The molecule has 2 aromatic carbocycles. The van der Waals surface area contributed by atoms with E-state index in [9.17, 15) is 9.18 Å². The highest BCUT2D eigenvalue weighted by Crippen LogP contribution is 2.30. The number of hydrogen-bond acceptors (Lipinski definition) is 4. The quantitative estimate of drug-likeness (QED) is 0.572. The Bertz CT molecular complexity index is 1110. The van der Waals surface area contributed by atoms with Gasteiger partial charge in [-0.2, -0.15) is 0 Å². The molecule has 3 aromatic rings. The van der Waals surface area contributed by atoms with Crippen molar-refractivity contribution < 1.29 is 13.9 Å². The lowest BCUT2D eigenvalue weighted by Crippen LogP contribution is -2.22. The van der Waals surface area contributed by atoms with E-state index in [2.05, 4.69) is 15.6 Å². The Morgan fingerprint density at radius 3 is 2.88 bits per heavy atom. The topological polar surface area (TPSA) is 63.2 Å². The molecule has 166 valence electrons. The van der Waals surface area contributed by atoms with Gasteiger partial charge in [0.05, 0.1) is 18.5 Å². The molecule has 0 bridgehead atoms. The van der Waals surface area contributed by atoms with Gasteiger partial charge in [0.2, 0.25) is 0 Å². The number of hydrogen-bond donors (Lipinski definition) is 2. The predicted octanol–water partition coefficient (Wildman–Crippen LogP) is 5.31. The highest BCUT2D eigenvalue weighted by molar-refractivity contribution is 6.05. The van der Waals surface area contributed by atoms with Crippen molar-refractivity contribution in [2.24, 2.45) is 0 Å². The molecule has 2 heterocycles. The SMILES string of the molecule is COc1ccc(-c2cc(C(=O)Nc3cccnc3C3CCCCNC3)ccc2C)cc1F. The summed E-state index contributed by atoms with van der Waals surface area (Å²) in [7, 11) is 1.44. The number of rotatable bonds is 5. The number of nitrogens with one attached hydrogen (secondary N) is 2. The second-order valence-corrected chi connectivity index (χ2v) is 8.17. The minimum absolute atomic E-state index is 0.192. The molecule has 1 amide bonds. The van der Waals surface area contributed by atoms with E-state index in [1.165, 1.54) is 13.2 Å². The van der Waals surface area contributed by atoms with Gasteiger partial charge in [0.1, 0.15) is 0 Å². The number of carbonyl (C=O) groups excluding carboxylic acids is 1. The van der Waals surface area contributed by atoms with E-state index in [1.54, 1.807) is 30.5 Å². The molecule has 0 radical (unpaired) electrons. The molecule has 1 aliphatic rings. The van der Waals surface area contributed by atoms with Crippen LogP contribution < -0.4 is 15.4 Å². The van der Waals surface area contributed by atoms with Gasteiger partial charge < -0.3 is 15.4 Å². The van der Waals surface area contributed by atoms with Gasteiger partial charge in [0, 0.05) is 24.2 Å². The smallest absolute Gasteiger partial charge is 0.255 e. The first kappa shape index (κ1) is 22.0. The highest BCUT2D eigenvalue weighted by atomic mass is 19.1. The Morgan fingerprint density at radius 1 is 1.19 bits per heavy atom. The third-order valence-corrected chi connectivity index (χ3v) is 5.98. The number of pyridine rings is 1. The Morgan fingerprint density at radius 2 is 2.06 bits per heavy atom. The van der Waals surface area contributed by atoms with Crippen molar-refractivity contribution in [3.63, 3.8) is 0 Å². The summed E-state index contributed by atoms with van der Waals surface area (Å²) < 4.78 is 19.3. The summed E-state index contributed by atoms with van der Waals surface area (Å²) in [5.74, 6) is -0.186. The lowest BCUT2D eigenvalue weighted by atomic mass is 9.96.